The summed E-state index contributed by atoms with van der Waals surface area (Å²) in [7, 11) is 0. The van der Waals surface area contributed by atoms with Gasteiger partial charge in [0.1, 0.15) is 5.75 Å². The van der Waals surface area contributed by atoms with E-state index in [0.717, 1.165) is 28.6 Å². The molecular weight excluding hydrogens is 274 g/mol. The van der Waals surface area contributed by atoms with E-state index in [1.54, 1.807) is 0 Å². The van der Waals surface area contributed by atoms with Crippen LogP contribution >= 0.6 is 0 Å². The molecule has 118 valence electrons. The molecule has 2 aromatic carbocycles. The minimum atomic E-state index is -0.424. The largest absolute Gasteiger partial charge is 0.490 e. The second-order valence-electron chi connectivity index (χ2n) is 6.70. The highest BCUT2D eigenvalue weighted by molar-refractivity contribution is 6.05. The van der Waals surface area contributed by atoms with Crippen molar-refractivity contribution in [3.05, 3.63) is 36.4 Å². The normalized spacial score (nSPS) is 13.0. The molecule has 0 radical (unpaired) electrons. The number of fused-ring (bicyclic) bond motifs is 1. The Hall–Kier alpha value is -2.03. The molecule has 0 aliphatic heterocycles. The van der Waals surface area contributed by atoms with Gasteiger partial charge in [0, 0.05) is 21.9 Å². The number of carbonyl (C=O) groups excluding carboxylic acids is 1. The molecule has 0 fully saturated rings. The van der Waals surface area contributed by atoms with Gasteiger partial charge in [-0.1, -0.05) is 52.0 Å². The van der Waals surface area contributed by atoms with Crippen LogP contribution < -0.4 is 10.1 Å². The summed E-state index contributed by atoms with van der Waals surface area (Å²) in [5, 5.41) is 5.05. The zero-order chi connectivity index (χ0) is 16.3. The van der Waals surface area contributed by atoms with E-state index in [-0.39, 0.29) is 12.0 Å². The van der Waals surface area contributed by atoms with Gasteiger partial charge < -0.3 is 10.1 Å². The third-order valence-corrected chi connectivity index (χ3v) is 3.72. The van der Waals surface area contributed by atoms with Gasteiger partial charge in [-0.3, -0.25) is 4.79 Å². The fourth-order valence-corrected chi connectivity index (χ4v) is 2.09. The maximum Gasteiger partial charge on any atom is 0.229 e. The van der Waals surface area contributed by atoms with Crippen molar-refractivity contribution in [3.8, 4) is 5.75 Å². The quantitative estimate of drug-likeness (QED) is 0.862. The van der Waals surface area contributed by atoms with Gasteiger partial charge in [0.15, 0.2) is 0 Å². The first-order valence-corrected chi connectivity index (χ1v) is 7.82. The molecule has 1 N–H and O–H groups in total. The third kappa shape index (κ3) is 3.59. The van der Waals surface area contributed by atoms with Gasteiger partial charge in [0.2, 0.25) is 5.91 Å². The van der Waals surface area contributed by atoms with Crippen molar-refractivity contribution in [3.63, 3.8) is 0 Å². The first kappa shape index (κ1) is 16.3. The Morgan fingerprint density at radius 2 is 1.77 bits per heavy atom. The second kappa shape index (κ2) is 6.39. The summed E-state index contributed by atoms with van der Waals surface area (Å²) in [6.45, 7) is 9.88. The number of amides is 1. The number of benzene rings is 2. The number of hydrogen-bond acceptors (Lipinski definition) is 2. The van der Waals surface area contributed by atoms with Crippen LogP contribution in [0.25, 0.3) is 10.8 Å². The number of nitrogens with one attached hydrogen (secondary N) is 1. The lowest BCUT2D eigenvalue weighted by Crippen LogP contribution is -2.27. The molecule has 1 atom stereocenters. The van der Waals surface area contributed by atoms with E-state index in [9.17, 15) is 4.79 Å². The number of hydrogen-bond donors (Lipinski definition) is 1. The molecule has 2 aromatic rings. The molecule has 0 saturated carbocycles. The van der Waals surface area contributed by atoms with Crippen molar-refractivity contribution < 1.29 is 9.53 Å². The van der Waals surface area contributed by atoms with Gasteiger partial charge in [0.05, 0.1) is 6.10 Å². The summed E-state index contributed by atoms with van der Waals surface area (Å²) in [5.41, 5.74) is 0.402. The second-order valence-corrected chi connectivity index (χ2v) is 6.70. The smallest absolute Gasteiger partial charge is 0.229 e. The average molecular weight is 299 g/mol. The van der Waals surface area contributed by atoms with Crippen molar-refractivity contribution in [2.75, 3.05) is 5.32 Å². The predicted molar refractivity (Wildman–Crippen MR) is 92.4 cm³/mol. The maximum absolute atomic E-state index is 12.2. The standard InChI is InChI=1S/C19H25NO2/c1-6-13(2)22-17-12-11-16(20-18(21)19(3,4)5)14-9-7-8-10-15(14)17/h7-13H,6H2,1-5H3,(H,20,21). The van der Waals surface area contributed by atoms with Crippen molar-refractivity contribution in [2.45, 2.75) is 47.1 Å². The Morgan fingerprint density at radius 1 is 1.14 bits per heavy atom. The summed E-state index contributed by atoms with van der Waals surface area (Å²) in [6.07, 6.45) is 1.12. The molecule has 22 heavy (non-hydrogen) atoms. The molecule has 0 heterocycles. The molecule has 0 spiro atoms. The van der Waals surface area contributed by atoms with Gasteiger partial charge in [-0.15, -0.1) is 0 Å². The molecule has 0 aliphatic rings. The zero-order valence-corrected chi connectivity index (χ0v) is 14.1. The summed E-state index contributed by atoms with van der Waals surface area (Å²) < 4.78 is 5.99. The van der Waals surface area contributed by atoms with E-state index in [4.69, 9.17) is 4.74 Å². The van der Waals surface area contributed by atoms with E-state index in [2.05, 4.69) is 19.2 Å². The number of rotatable bonds is 4. The monoisotopic (exact) mass is 299 g/mol. The molecule has 3 nitrogen and oxygen atoms in total. The highest BCUT2D eigenvalue weighted by atomic mass is 16.5. The Kier molecular flexibility index (Phi) is 4.74. The Bertz CT molecular complexity index is 671. The van der Waals surface area contributed by atoms with Gasteiger partial charge in [0.25, 0.3) is 0 Å². The Balaban J connectivity index is 2.42. The molecule has 1 amide bonds. The highest BCUT2D eigenvalue weighted by Crippen LogP contribution is 2.33. The Labute approximate surface area is 132 Å². The molecule has 1 unspecified atom stereocenters. The zero-order valence-electron chi connectivity index (χ0n) is 14.1. The lowest BCUT2D eigenvalue weighted by atomic mass is 9.95. The van der Waals surface area contributed by atoms with Crippen molar-refractivity contribution in [1.29, 1.82) is 0 Å². The van der Waals surface area contributed by atoms with Gasteiger partial charge >= 0.3 is 0 Å². The molecule has 0 aromatic heterocycles. The molecule has 3 heteroatoms. The van der Waals surface area contributed by atoms with Crippen molar-refractivity contribution >= 4 is 22.4 Å². The van der Waals surface area contributed by atoms with Crippen LogP contribution in [0.3, 0.4) is 0 Å². The fraction of sp³-hybridized carbons (Fsp3) is 0.421. The van der Waals surface area contributed by atoms with Crippen LogP contribution in [0, 0.1) is 5.41 Å². The van der Waals surface area contributed by atoms with E-state index in [1.165, 1.54) is 0 Å². The molecule has 0 saturated heterocycles. The lowest BCUT2D eigenvalue weighted by Gasteiger charge is -2.20. The SMILES string of the molecule is CCC(C)Oc1ccc(NC(=O)C(C)(C)C)c2ccccc12. The third-order valence-electron chi connectivity index (χ3n) is 3.72. The summed E-state index contributed by atoms with van der Waals surface area (Å²) in [6, 6.07) is 11.9. The van der Waals surface area contributed by atoms with Crippen LogP contribution in [0.4, 0.5) is 5.69 Å². The average Bonchev–Trinajstić information content (AvgIpc) is 2.48. The summed E-state index contributed by atoms with van der Waals surface area (Å²) in [5.74, 6) is 0.868. The molecule has 0 aliphatic carbocycles. The van der Waals surface area contributed by atoms with Crippen LogP contribution in [-0.2, 0) is 4.79 Å². The lowest BCUT2D eigenvalue weighted by molar-refractivity contribution is -0.123. The van der Waals surface area contributed by atoms with Gasteiger partial charge in [-0.25, -0.2) is 0 Å². The summed E-state index contributed by atoms with van der Waals surface area (Å²) >= 11 is 0. The number of ether oxygens (including phenoxy) is 1. The van der Waals surface area contributed by atoms with Crippen molar-refractivity contribution in [2.24, 2.45) is 5.41 Å². The van der Waals surface area contributed by atoms with Gasteiger partial charge in [-0.2, -0.15) is 0 Å². The van der Waals surface area contributed by atoms with Gasteiger partial charge in [-0.05, 0) is 25.5 Å². The van der Waals surface area contributed by atoms with E-state index in [1.807, 2.05) is 57.2 Å². The van der Waals surface area contributed by atoms with Crippen LogP contribution in [0.1, 0.15) is 41.0 Å². The molecule has 0 bridgehead atoms. The number of anilines is 1. The minimum Gasteiger partial charge on any atom is -0.490 e. The van der Waals surface area contributed by atoms with Crippen LogP contribution in [0.5, 0.6) is 5.75 Å². The highest BCUT2D eigenvalue weighted by Gasteiger charge is 2.22. The Morgan fingerprint density at radius 3 is 2.36 bits per heavy atom. The van der Waals surface area contributed by atoms with Crippen LogP contribution in [0.2, 0.25) is 0 Å². The van der Waals surface area contributed by atoms with Crippen LogP contribution in [-0.4, -0.2) is 12.0 Å². The fourth-order valence-electron chi connectivity index (χ4n) is 2.09. The first-order chi connectivity index (χ1) is 10.3. The maximum atomic E-state index is 12.2. The van der Waals surface area contributed by atoms with Crippen LogP contribution in [0.15, 0.2) is 36.4 Å². The predicted octanol–water partition coefficient (Wildman–Crippen LogP) is 5.00. The van der Waals surface area contributed by atoms with Crippen molar-refractivity contribution in [1.82, 2.24) is 0 Å². The molecular formula is C19H25NO2. The minimum absolute atomic E-state index is 0.00764. The van der Waals surface area contributed by atoms with E-state index < -0.39 is 5.41 Å². The van der Waals surface area contributed by atoms with E-state index >= 15 is 0 Å². The first-order valence-electron chi connectivity index (χ1n) is 7.82. The molecule has 2 rings (SSSR count). The summed E-state index contributed by atoms with van der Waals surface area (Å²) in [4.78, 5) is 12.2. The number of carbonyl (C=O) groups is 1. The topological polar surface area (TPSA) is 38.3 Å². The van der Waals surface area contributed by atoms with E-state index in [0.29, 0.717) is 0 Å².